The summed E-state index contributed by atoms with van der Waals surface area (Å²) in [5.74, 6) is -0.163. The summed E-state index contributed by atoms with van der Waals surface area (Å²) in [6, 6.07) is 9.98. The topological polar surface area (TPSA) is 62.2 Å². The highest BCUT2D eigenvalue weighted by atomic mass is 16.3. The molecule has 0 bridgehead atoms. The monoisotopic (exact) mass is 312 g/mol. The van der Waals surface area contributed by atoms with Crippen molar-refractivity contribution < 1.29 is 9.90 Å². The number of hydrogen-bond acceptors (Lipinski definition) is 3. The first-order chi connectivity index (χ1) is 11.0. The van der Waals surface area contributed by atoms with Gasteiger partial charge in [0, 0.05) is 30.1 Å². The minimum Gasteiger partial charge on any atom is -0.396 e. The number of amides is 1. The number of benzene rings is 1. The minimum atomic E-state index is -0.411. The van der Waals surface area contributed by atoms with Gasteiger partial charge in [0.1, 0.15) is 0 Å². The number of rotatable bonds is 6. The predicted molar refractivity (Wildman–Crippen MR) is 92.3 cm³/mol. The van der Waals surface area contributed by atoms with Crippen LogP contribution in [0.4, 0.5) is 0 Å². The van der Waals surface area contributed by atoms with E-state index in [1.54, 1.807) is 12.4 Å². The highest BCUT2D eigenvalue weighted by Gasteiger charge is 2.24. The smallest absolute Gasteiger partial charge is 0.253 e. The summed E-state index contributed by atoms with van der Waals surface area (Å²) >= 11 is 0. The van der Waals surface area contributed by atoms with Crippen LogP contribution in [0, 0.1) is 6.92 Å². The zero-order chi connectivity index (χ0) is 16.9. The summed E-state index contributed by atoms with van der Waals surface area (Å²) in [6.45, 7) is 6.03. The van der Waals surface area contributed by atoms with Crippen molar-refractivity contribution in [3.63, 3.8) is 0 Å². The number of pyridine rings is 1. The first-order valence-electron chi connectivity index (χ1n) is 7.93. The van der Waals surface area contributed by atoms with Gasteiger partial charge in [-0.1, -0.05) is 36.8 Å². The molecule has 2 aromatic rings. The standard InChI is InChI=1S/C19H24N2O2/c1-4-19(3,9-10-22)21-18(23)17-11-16(12-20-13-17)15-7-5-14(2)6-8-15/h5-8,11-13,22H,4,9-10H2,1-3H3,(H,21,23). The molecular weight excluding hydrogens is 288 g/mol. The highest BCUT2D eigenvalue weighted by molar-refractivity contribution is 5.95. The van der Waals surface area contributed by atoms with Crippen LogP contribution >= 0.6 is 0 Å². The average molecular weight is 312 g/mol. The van der Waals surface area contributed by atoms with Gasteiger partial charge in [-0.15, -0.1) is 0 Å². The van der Waals surface area contributed by atoms with Crippen molar-refractivity contribution in [1.82, 2.24) is 10.3 Å². The second kappa shape index (κ2) is 7.38. The molecule has 0 aliphatic heterocycles. The quantitative estimate of drug-likeness (QED) is 0.860. The lowest BCUT2D eigenvalue weighted by atomic mass is 9.94. The Morgan fingerprint density at radius 1 is 1.22 bits per heavy atom. The SMILES string of the molecule is CCC(C)(CCO)NC(=O)c1cncc(-c2ccc(C)cc2)c1. The van der Waals surface area contributed by atoms with Crippen LogP contribution in [0.3, 0.4) is 0 Å². The molecule has 122 valence electrons. The largest absolute Gasteiger partial charge is 0.396 e. The van der Waals surface area contributed by atoms with Gasteiger partial charge in [0.25, 0.3) is 5.91 Å². The van der Waals surface area contributed by atoms with E-state index in [-0.39, 0.29) is 12.5 Å². The molecule has 2 N–H and O–H groups in total. The van der Waals surface area contributed by atoms with E-state index in [2.05, 4.69) is 10.3 Å². The lowest BCUT2D eigenvalue weighted by Gasteiger charge is -2.29. The van der Waals surface area contributed by atoms with Gasteiger partial charge in [-0.2, -0.15) is 0 Å². The lowest BCUT2D eigenvalue weighted by molar-refractivity contribution is 0.0886. The summed E-state index contributed by atoms with van der Waals surface area (Å²) in [4.78, 5) is 16.7. The third kappa shape index (κ3) is 4.39. The van der Waals surface area contributed by atoms with Gasteiger partial charge in [-0.3, -0.25) is 9.78 Å². The molecule has 1 unspecified atom stereocenters. The van der Waals surface area contributed by atoms with Crippen LogP contribution in [-0.2, 0) is 0 Å². The van der Waals surface area contributed by atoms with Gasteiger partial charge in [-0.05, 0) is 38.3 Å². The van der Waals surface area contributed by atoms with Crippen LogP contribution in [0.15, 0.2) is 42.7 Å². The normalized spacial score (nSPS) is 13.4. The molecule has 0 aliphatic carbocycles. The van der Waals surface area contributed by atoms with Gasteiger partial charge in [0.2, 0.25) is 0 Å². The minimum absolute atomic E-state index is 0.0479. The Morgan fingerprint density at radius 3 is 2.52 bits per heavy atom. The second-order valence-electron chi connectivity index (χ2n) is 6.17. The fourth-order valence-electron chi connectivity index (χ4n) is 2.39. The highest BCUT2D eigenvalue weighted by Crippen LogP contribution is 2.21. The number of hydrogen-bond donors (Lipinski definition) is 2. The number of nitrogens with zero attached hydrogens (tertiary/aromatic N) is 1. The van der Waals surface area contributed by atoms with E-state index in [9.17, 15) is 4.79 Å². The third-order valence-corrected chi connectivity index (χ3v) is 4.24. The molecule has 1 heterocycles. The van der Waals surface area contributed by atoms with Crippen molar-refractivity contribution in [3.8, 4) is 11.1 Å². The van der Waals surface area contributed by atoms with Gasteiger partial charge in [-0.25, -0.2) is 0 Å². The summed E-state index contributed by atoms with van der Waals surface area (Å²) in [5, 5.41) is 12.2. The molecule has 0 saturated heterocycles. The Morgan fingerprint density at radius 2 is 1.91 bits per heavy atom. The fourth-order valence-corrected chi connectivity index (χ4v) is 2.39. The Hall–Kier alpha value is -2.20. The van der Waals surface area contributed by atoms with E-state index in [4.69, 9.17) is 5.11 Å². The number of aromatic nitrogens is 1. The van der Waals surface area contributed by atoms with Crippen molar-refractivity contribution in [2.45, 2.75) is 39.2 Å². The van der Waals surface area contributed by atoms with Crippen molar-refractivity contribution in [2.24, 2.45) is 0 Å². The molecular formula is C19H24N2O2. The number of nitrogens with one attached hydrogen (secondary N) is 1. The fraction of sp³-hybridized carbons (Fsp3) is 0.368. The Labute approximate surface area is 137 Å². The Kier molecular flexibility index (Phi) is 5.50. The molecule has 0 aliphatic rings. The summed E-state index contributed by atoms with van der Waals surface area (Å²) in [7, 11) is 0. The van der Waals surface area contributed by atoms with Crippen molar-refractivity contribution >= 4 is 5.91 Å². The predicted octanol–water partition coefficient (Wildman–Crippen LogP) is 3.34. The van der Waals surface area contributed by atoms with Crippen molar-refractivity contribution in [2.75, 3.05) is 6.61 Å². The van der Waals surface area contributed by atoms with Gasteiger partial charge < -0.3 is 10.4 Å². The number of aliphatic hydroxyl groups excluding tert-OH is 1. The molecule has 4 heteroatoms. The van der Waals surface area contributed by atoms with Gasteiger partial charge in [0.05, 0.1) is 5.56 Å². The molecule has 0 saturated carbocycles. The molecule has 2 rings (SSSR count). The van der Waals surface area contributed by atoms with Crippen LogP contribution < -0.4 is 5.32 Å². The van der Waals surface area contributed by atoms with Crippen molar-refractivity contribution in [1.29, 1.82) is 0 Å². The molecule has 4 nitrogen and oxygen atoms in total. The molecule has 0 radical (unpaired) electrons. The van der Waals surface area contributed by atoms with E-state index in [0.717, 1.165) is 17.5 Å². The molecule has 1 amide bonds. The number of aliphatic hydroxyl groups is 1. The summed E-state index contributed by atoms with van der Waals surface area (Å²) in [6.07, 6.45) is 4.61. The maximum absolute atomic E-state index is 12.5. The van der Waals surface area contributed by atoms with Gasteiger partial charge in [0.15, 0.2) is 0 Å². The average Bonchev–Trinajstić information content (AvgIpc) is 2.56. The summed E-state index contributed by atoms with van der Waals surface area (Å²) in [5.41, 5.74) is 3.26. The zero-order valence-electron chi connectivity index (χ0n) is 14.0. The first kappa shape index (κ1) is 17.2. The van der Waals surface area contributed by atoms with Crippen LogP contribution in [0.1, 0.15) is 42.6 Å². The molecule has 0 spiro atoms. The molecule has 0 fully saturated rings. The van der Waals surface area contributed by atoms with E-state index in [1.165, 1.54) is 5.56 Å². The van der Waals surface area contributed by atoms with Gasteiger partial charge >= 0.3 is 0 Å². The molecule has 1 aromatic heterocycles. The summed E-state index contributed by atoms with van der Waals surface area (Å²) < 4.78 is 0. The Bertz CT molecular complexity index is 667. The van der Waals surface area contributed by atoms with E-state index in [0.29, 0.717) is 12.0 Å². The second-order valence-corrected chi connectivity index (χ2v) is 6.17. The molecule has 1 aromatic carbocycles. The van der Waals surface area contributed by atoms with E-state index < -0.39 is 5.54 Å². The lowest BCUT2D eigenvalue weighted by Crippen LogP contribution is -2.46. The van der Waals surface area contributed by atoms with Crippen molar-refractivity contribution in [3.05, 3.63) is 53.9 Å². The Balaban J connectivity index is 2.22. The first-order valence-corrected chi connectivity index (χ1v) is 7.93. The van der Waals surface area contributed by atoms with Crippen LogP contribution in [0.2, 0.25) is 0 Å². The third-order valence-electron chi connectivity index (χ3n) is 4.24. The van der Waals surface area contributed by atoms with Crippen LogP contribution in [-0.4, -0.2) is 28.1 Å². The number of carbonyl (C=O) groups excluding carboxylic acids is 1. The zero-order valence-corrected chi connectivity index (χ0v) is 14.0. The van der Waals surface area contributed by atoms with E-state index in [1.807, 2.05) is 51.1 Å². The molecule has 1 atom stereocenters. The molecule has 23 heavy (non-hydrogen) atoms. The number of carbonyl (C=O) groups is 1. The van der Waals surface area contributed by atoms with Crippen LogP contribution in [0.25, 0.3) is 11.1 Å². The number of aryl methyl sites for hydroxylation is 1. The maximum Gasteiger partial charge on any atom is 0.253 e. The maximum atomic E-state index is 12.5. The van der Waals surface area contributed by atoms with E-state index >= 15 is 0 Å². The van der Waals surface area contributed by atoms with Crippen LogP contribution in [0.5, 0.6) is 0 Å².